The summed E-state index contributed by atoms with van der Waals surface area (Å²) in [7, 11) is 0. The van der Waals surface area contributed by atoms with Gasteiger partial charge in [0, 0.05) is 36.5 Å². The Kier molecular flexibility index (Phi) is 21.5. The number of fused-ring (bicyclic) bond motifs is 5. The molecule has 0 spiro atoms. The van der Waals surface area contributed by atoms with Gasteiger partial charge in [0.15, 0.2) is 11.9 Å². The second-order valence-corrected chi connectivity index (χ2v) is 21.3. The van der Waals surface area contributed by atoms with Crippen molar-refractivity contribution in [2.45, 2.75) is 277 Å². The van der Waals surface area contributed by atoms with Crippen LogP contribution in [0.5, 0.6) is 0 Å². The molecular formula is C53H92O9. The first-order chi connectivity index (χ1) is 29.6. The Bertz CT molecular complexity index is 1420. The highest BCUT2D eigenvalue weighted by atomic mass is 16.6. The average molecular weight is 873 g/mol. The van der Waals surface area contributed by atoms with Crippen molar-refractivity contribution in [2.24, 2.45) is 22.7 Å². The number of ether oxygens (including phenoxy) is 3. The van der Waals surface area contributed by atoms with Crippen LogP contribution < -0.4 is 0 Å². The van der Waals surface area contributed by atoms with E-state index in [9.17, 15) is 24.9 Å². The van der Waals surface area contributed by atoms with Crippen LogP contribution in [0.15, 0.2) is 11.1 Å². The van der Waals surface area contributed by atoms with E-state index in [1.54, 1.807) is 27.7 Å². The molecule has 2 saturated carbocycles. The highest BCUT2D eigenvalue weighted by Crippen LogP contribution is 2.64. The summed E-state index contributed by atoms with van der Waals surface area (Å²) in [5.41, 5.74) is -5.29. The fourth-order valence-electron chi connectivity index (χ4n) is 12.0. The fourth-order valence-corrected chi connectivity index (χ4v) is 12.0. The monoisotopic (exact) mass is 873 g/mol. The van der Waals surface area contributed by atoms with Crippen LogP contribution in [-0.2, 0) is 28.6 Å². The molecule has 3 N–H and O–H groups in total. The number of carbonyl (C=O) groups is 3. The summed E-state index contributed by atoms with van der Waals surface area (Å²) in [6, 6.07) is 0. The quantitative estimate of drug-likeness (QED) is 0.0365. The lowest BCUT2D eigenvalue weighted by Gasteiger charge is -2.67. The van der Waals surface area contributed by atoms with Crippen molar-refractivity contribution >= 4 is 17.7 Å². The summed E-state index contributed by atoms with van der Waals surface area (Å²) in [4.78, 5) is 41.4. The molecule has 0 radical (unpaired) electrons. The van der Waals surface area contributed by atoms with Crippen LogP contribution >= 0.6 is 0 Å². The minimum atomic E-state index is -1.90. The number of aliphatic hydroxyl groups excluding tert-OH is 1. The maximum Gasteiger partial charge on any atom is 0.306 e. The molecular weight excluding hydrogens is 781 g/mol. The van der Waals surface area contributed by atoms with Crippen LogP contribution in [0.2, 0.25) is 0 Å². The topological polar surface area (TPSA) is 140 Å². The molecule has 4 rings (SSSR count). The molecule has 9 heteroatoms. The maximum atomic E-state index is 15.1. The van der Waals surface area contributed by atoms with E-state index in [-0.39, 0.29) is 25.4 Å². The molecule has 1 aliphatic heterocycles. The van der Waals surface area contributed by atoms with Crippen molar-refractivity contribution in [3.63, 3.8) is 0 Å². The normalized spacial score (nSPS) is 31.4. The highest BCUT2D eigenvalue weighted by Gasteiger charge is 2.76. The lowest BCUT2D eigenvalue weighted by Crippen LogP contribution is -2.80. The summed E-state index contributed by atoms with van der Waals surface area (Å²) in [5, 5.41) is 36.4. The van der Waals surface area contributed by atoms with Crippen molar-refractivity contribution in [1.82, 2.24) is 0 Å². The van der Waals surface area contributed by atoms with E-state index in [1.807, 2.05) is 6.92 Å². The van der Waals surface area contributed by atoms with Gasteiger partial charge in [0.05, 0.1) is 18.8 Å². The van der Waals surface area contributed by atoms with Crippen LogP contribution in [0.1, 0.15) is 241 Å². The van der Waals surface area contributed by atoms with E-state index in [0.29, 0.717) is 24.0 Å². The minimum Gasteiger partial charge on any atom is -0.459 e. The highest BCUT2D eigenvalue weighted by molar-refractivity contribution is 5.95. The Morgan fingerprint density at radius 3 is 1.50 bits per heavy atom. The van der Waals surface area contributed by atoms with Crippen molar-refractivity contribution < 1.29 is 43.9 Å². The molecule has 2 bridgehead atoms. The Balaban J connectivity index is 1.11. The summed E-state index contributed by atoms with van der Waals surface area (Å²) in [6.07, 6.45) is 31.5. The predicted molar refractivity (Wildman–Crippen MR) is 248 cm³/mol. The van der Waals surface area contributed by atoms with Crippen LogP contribution in [0.4, 0.5) is 0 Å². The zero-order chi connectivity index (χ0) is 45.4. The Hall–Kier alpha value is -1.81. The van der Waals surface area contributed by atoms with Gasteiger partial charge in [0.25, 0.3) is 0 Å². The third-order valence-corrected chi connectivity index (χ3v) is 16.4. The lowest BCUT2D eigenvalue weighted by molar-refractivity contribution is -0.339. The molecule has 0 unspecified atom stereocenters. The smallest absolute Gasteiger partial charge is 0.306 e. The van der Waals surface area contributed by atoms with Gasteiger partial charge in [-0.15, -0.1) is 0 Å². The van der Waals surface area contributed by atoms with Crippen LogP contribution in [-0.4, -0.2) is 75.3 Å². The van der Waals surface area contributed by atoms with E-state index in [4.69, 9.17) is 14.2 Å². The third-order valence-electron chi connectivity index (χ3n) is 16.4. The largest absolute Gasteiger partial charge is 0.459 e. The second-order valence-electron chi connectivity index (χ2n) is 21.3. The molecule has 0 aromatic carbocycles. The van der Waals surface area contributed by atoms with Gasteiger partial charge in [-0.05, 0) is 36.8 Å². The molecule has 4 aliphatic rings. The van der Waals surface area contributed by atoms with Crippen LogP contribution in [0.25, 0.3) is 0 Å². The van der Waals surface area contributed by atoms with E-state index >= 15 is 4.79 Å². The van der Waals surface area contributed by atoms with Crippen molar-refractivity contribution in [2.75, 3.05) is 6.61 Å². The van der Waals surface area contributed by atoms with Gasteiger partial charge in [-0.25, -0.2) is 0 Å². The van der Waals surface area contributed by atoms with Crippen LogP contribution in [0.3, 0.4) is 0 Å². The number of hydrogen-bond donors (Lipinski definition) is 3. The molecule has 1 heterocycles. The van der Waals surface area contributed by atoms with Crippen molar-refractivity contribution in [1.29, 1.82) is 0 Å². The number of Topliss-reactive ketones (excluding diaryl/α,β-unsaturated/α-hetero) is 1. The summed E-state index contributed by atoms with van der Waals surface area (Å²) in [6.45, 7) is 12.3. The summed E-state index contributed by atoms with van der Waals surface area (Å²) in [5.74, 6) is -3.00. The Morgan fingerprint density at radius 1 is 0.694 bits per heavy atom. The Morgan fingerprint density at radius 2 is 1.11 bits per heavy atom. The SMILES string of the molecule is CCCCCCCCCCCCCCCCCCCCCCCCCCCCCC(=O)O[C@H]1C(=O)[C@@]2(C)[C@H]([C@H](OC(C)=O)[C@]3(O)C[C@H](O)C(C)=C1C3(C)C)[C@]1(O)CO[C@@H]1C[C@@H]2C. The summed E-state index contributed by atoms with van der Waals surface area (Å²) >= 11 is 0. The van der Waals surface area contributed by atoms with Crippen molar-refractivity contribution in [3.8, 4) is 0 Å². The molecule has 9 nitrogen and oxygen atoms in total. The van der Waals surface area contributed by atoms with Gasteiger partial charge >= 0.3 is 11.9 Å². The predicted octanol–water partition coefficient (Wildman–Crippen LogP) is 12.0. The molecule has 358 valence electrons. The van der Waals surface area contributed by atoms with E-state index in [1.165, 1.54) is 155 Å². The fraction of sp³-hybridized carbons (Fsp3) is 0.906. The van der Waals surface area contributed by atoms with E-state index < -0.39 is 70.1 Å². The standard InChI is InChI=1S/C53H92O9/c1-8-9-10-11-12-13-14-15-16-17-18-19-20-21-22-23-24-25-26-27-28-29-30-31-32-33-34-35-44(56)62-46-45-40(3)42(55)37-53(59,50(45,5)6)49(61-41(4)54)47-51(7,48(46)57)39(2)36-43-52(47,58)38-60-43/h39,42-43,46-47,49,55,58-59H,8-38H2,1-7H3/t39-,42-,43+,46+,47-,49-,51+,52-,53+/m0/s1. The number of ketones is 1. The molecule has 3 aliphatic carbocycles. The first kappa shape index (κ1) is 52.8. The van der Waals surface area contributed by atoms with Gasteiger partial charge in [-0.3, -0.25) is 14.4 Å². The summed E-state index contributed by atoms with van der Waals surface area (Å²) < 4.78 is 17.9. The van der Waals surface area contributed by atoms with Gasteiger partial charge in [-0.1, -0.05) is 202 Å². The Labute approximate surface area is 377 Å². The maximum absolute atomic E-state index is 15.1. The number of aliphatic hydroxyl groups is 3. The van der Waals surface area contributed by atoms with Crippen molar-refractivity contribution in [3.05, 3.63) is 11.1 Å². The first-order valence-corrected chi connectivity index (χ1v) is 25.9. The molecule has 0 amide bonds. The molecule has 3 fully saturated rings. The lowest BCUT2D eigenvalue weighted by atomic mass is 9.43. The molecule has 0 aromatic rings. The molecule has 62 heavy (non-hydrogen) atoms. The first-order valence-electron chi connectivity index (χ1n) is 25.9. The van der Waals surface area contributed by atoms with E-state index in [0.717, 1.165) is 19.3 Å². The number of esters is 2. The van der Waals surface area contributed by atoms with Crippen LogP contribution in [0, 0.1) is 22.7 Å². The molecule has 1 saturated heterocycles. The number of carbonyl (C=O) groups excluding carboxylic acids is 3. The molecule has 0 aromatic heterocycles. The van der Waals surface area contributed by atoms with Gasteiger partial charge in [0.1, 0.15) is 17.3 Å². The molecule has 9 atom stereocenters. The minimum absolute atomic E-state index is 0.0828. The van der Waals surface area contributed by atoms with Gasteiger partial charge in [0.2, 0.25) is 0 Å². The average Bonchev–Trinajstić information content (AvgIpc) is 3.22. The zero-order valence-electron chi connectivity index (χ0n) is 40.7. The van der Waals surface area contributed by atoms with E-state index in [2.05, 4.69) is 6.92 Å². The third kappa shape index (κ3) is 13.0. The second kappa shape index (κ2) is 25.2. The number of unbranched alkanes of at least 4 members (excludes halogenated alkanes) is 26. The number of rotatable bonds is 30. The number of hydrogen-bond acceptors (Lipinski definition) is 9. The van der Waals surface area contributed by atoms with Gasteiger partial charge in [-0.2, -0.15) is 0 Å². The zero-order valence-corrected chi connectivity index (χ0v) is 40.7. The van der Waals surface area contributed by atoms with Gasteiger partial charge < -0.3 is 29.5 Å².